The Morgan fingerprint density at radius 2 is 1.83 bits per heavy atom. The lowest BCUT2D eigenvalue weighted by atomic mass is 10.1. The molecule has 1 heterocycles. The summed E-state index contributed by atoms with van der Waals surface area (Å²) in [5, 5.41) is 20.2. The van der Waals surface area contributed by atoms with Crippen molar-refractivity contribution in [2.75, 3.05) is 6.54 Å². The van der Waals surface area contributed by atoms with Crippen molar-refractivity contribution in [2.24, 2.45) is 0 Å². The summed E-state index contributed by atoms with van der Waals surface area (Å²) in [7, 11) is 0. The van der Waals surface area contributed by atoms with Crippen molar-refractivity contribution in [1.82, 2.24) is 15.3 Å². The number of aliphatic hydroxyl groups is 1. The number of carboxylic acid groups (broad SMARTS) is 1. The van der Waals surface area contributed by atoms with Crippen LogP contribution in [0.15, 0.2) is 48.5 Å². The number of nitrogens with zero attached hydrogens (tertiary/aromatic N) is 2. The summed E-state index contributed by atoms with van der Waals surface area (Å²) in [5.74, 6) is -2.67. The highest BCUT2D eigenvalue weighted by Crippen LogP contribution is 2.08. The molecule has 0 radical (unpaired) electrons. The van der Waals surface area contributed by atoms with E-state index in [0.717, 1.165) is 12.1 Å². The van der Waals surface area contributed by atoms with Gasteiger partial charge in [0.05, 0.1) is 5.69 Å². The number of aliphatic carboxylic acids is 1. The highest BCUT2D eigenvalue weighted by atomic mass is 16.4. The van der Waals surface area contributed by atoms with Crippen LogP contribution in [-0.4, -0.2) is 38.6 Å². The largest absolute Gasteiger partial charge is 0.503 e. The van der Waals surface area contributed by atoms with E-state index >= 15 is 0 Å². The van der Waals surface area contributed by atoms with Gasteiger partial charge in [-0.05, 0) is 24.5 Å². The summed E-state index contributed by atoms with van der Waals surface area (Å²) in [5.41, 5.74) is 2.33. The molecular weight excluding hydrogens is 310 g/mol. The van der Waals surface area contributed by atoms with Gasteiger partial charge in [0, 0.05) is 11.8 Å². The Morgan fingerprint density at radius 1 is 1.08 bits per heavy atom. The van der Waals surface area contributed by atoms with Crippen LogP contribution in [0.3, 0.4) is 0 Å². The molecule has 0 bridgehead atoms. The average Bonchev–Trinajstić information content (AvgIpc) is 2.59. The third kappa shape index (κ3) is 5.53. The van der Waals surface area contributed by atoms with Gasteiger partial charge in [0.15, 0.2) is 5.76 Å². The number of nitrogens with one attached hydrogen (secondary N) is 1. The maximum Gasteiger partial charge on any atom is 0.322 e. The van der Waals surface area contributed by atoms with E-state index in [0.29, 0.717) is 12.1 Å². The molecule has 7 nitrogen and oxygen atoms in total. The monoisotopic (exact) mass is 327 g/mol. The summed E-state index contributed by atoms with van der Waals surface area (Å²) >= 11 is 0. The van der Waals surface area contributed by atoms with Gasteiger partial charge in [-0.25, -0.2) is 9.97 Å². The summed E-state index contributed by atoms with van der Waals surface area (Å²) < 4.78 is 0. The molecule has 0 atom stereocenters. The minimum atomic E-state index is -1.19. The van der Waals surface area contributed by atoms with Crippen LogP contribution in [0.1, 0.15) is 17.0 Å². The van der Waals surface area contributed by atoms with Crippen LogP contribution in [-0.2, 0) is 22.4 Å². The molecule has 1 aromatic carbocycles. The second-order valence-electron chi connectivity index (χ2n) is 5.03. The van der Waals surface area contributed by atoms with Gasteiger partial charge in [0.1, 0.15) is 12.9 Å². The molecule has 0 fully saturated rings. The summed E-state index contributed by atoms with van der Waals surface area (Å²) in [6.07, 6.45) is 4.03. The van der Waals surface area contributed by atoms with Crippen molar-refractivity contribution < 1.29 is 19.8 Å². The zero-order chi connectivity index (χ0) is 17.4. The Morgan fingerprint density at radius 3 is 2.54 bits per heavy atom. The summed E-state index contributed by atoms with van der Waals surface area (Å²) in [4.78, 5) is 30.0. The van der Waals surface area contributed by atoms with Crippen molar-refractivity contribution in [3.63, 3.8) is 0 Å². The van der Waals surface area contributed by atoms with Gasteiger partial charge in [-0.3, -0.25) is 9.59 Å². The third-order valence-electron chi connectivity index (χ3n) is 3.17. The van der Waals surface area contributed by atoms with Crippen LogP contribution in [0.25, 0.3) is 6.08 Å². The van der Waals surface area contributed by atoms with E-state index in [4.69, 9.17) is 5.11 Å². The van der Waals surface area contributed by atoms with Gasteiger partial charge in [-0.2, -0.15) is 0 Å². The molecule has 124 valence electrons. The zero-order valence-corrected chi connectivity index (χ0v) is 12.8. The van der Waals surface area contributed by atoms with Gasteiger partial charge in [-0.15, -0.1) is 0 Å². The molecule has 0 spiro atoms. The lowest BCUT2D eigenvalue weighted by Gasteiger charge is -2.03. The number of aromatic nitrogens is 2. The number of benzene rings is 1. The number of carboxylic acids is 1. The molecule has 2 aromatic rings. The molecule has 0 unspecified atom stereocenters. The second kappa shape index (κ2) is 8.42. The van der Waals surface area contributed by atoms with Crippen molar-refractivity contribution in [3.05, 3.63) is 65.4 Å². The zero-order valence-electron chi connectivity index (χ0n) is 12.8. The first-order chi connectivity index (χ1) is 11.5. The van der Waals surface area contributed by atoms with E-state index in [2.05, 4.69) is 15.3 Å². The Bertz CT molecular complexity index is 745. The highest BCUT2D eigenvalue weighted by molar-refractivity contribution is 5.96. The van der Waals surface area contributed by atoms with Gasteiger partial charge in [0.25, 0.3) is 5.91 Å². The lowest BCUT2D eigenvalue weighted by Crippen LogP contribution is -2.30. The SMILES string of the molecule is O=C(O)CNC(=O)/C(O)=C/c1cc(CCc2ccccc2)ncn1. The number of amides is 1. The summed E-state index contributed by atoms with van der Waals surface area (Å²) in [6, 6.07) is 11.6. The highest BCUT2D eigenvalue weighted by Gasteiger charge is 2.09. The fourth-order valence-electron chi connectivity index (χ4n) is 2.00. The standard InChI is InChI=1S/C17H17N3O4/c21-15(17(24)18-10-16(22)23)9-14-8-13(19-11-20-14)7-6-12-4-2-1-3-5-12/h1-5,8-9,11,21H,6-7,10H2,(H,18,24)(H,22,23)/b15-9-. The fourth-order valence-corrected chi connectivity index (χ4v) is 2.00. The Kier molecular flexibility index (Phi) is 6.01. The maximum atomic E-state index is 11.5. The average molecular weight is 327 g/mol. The van der Waals surface area contributed by atoms with E-state index in [1.165, 1.54) is 18.0 Å². The van der Waals surface area contributed by atoms with E-state index in [9.17, 15) is 14.7 Å². The predicted molar refractivity (Wildman–Crippen MR) is 87.1 cm³/mol. The first-order valence-corrected chi connectivity index (χ1v) is 7.30. The number of rotatable bonds is 7. The maximum absolute atomic E-state index is 11.5. The van der Waals surface area contributed by atoms with Gasteiger partial charge in [0.2, 0.25) is 0 Å². The van der Waals surface area contributed by atoms with Crippen LogP contribution in [0.2, 0.25) is 0 Å². The molecule has 3 N–H and O–H groups in total. The van der Waals surface area contributed by atoms with Crippen molar-refractivity contribution in [3.8, 4) is 0 Å². The fraction of sp³-hybridized carbons (Fsp3) is 0.176. The van der Waals surface area contributed by atoms with Crippen LogP contribution in [0.4, 0.5) is 0 Å². The van der Waals surface area contributed by atoms with Crippen LogP contribution >= 0.6 is 0 Å². The second-order valence-corrected chi connectivity index (χ2v) is 5.03. The molecule has 0 aliphatic carbocycles. The van der Waals surface area contributed by atoms with Gasteiger partial charge >= 0.3 is 5.97 Å². The molecule has 2 rings (SSSR count). The molecule has 0 aliphatic rings. The topological polar surface area (TPSA) is 112 Å². The summed E-state index contributed by atoms with van der Waals surface area (Å²) in [6.45, 7) is -0.567. The van der Waals surface area contributed by atoms with Crippen molar-refractivity contribution in [1.29, 1.82) is 0 Å². The Balaban J connectivity index is 2.00. The molecule has 7 heteroatoms. The number of carbonyl (C=O) groups excluding carboxylic acids is 1. The normalized spacial score (nSPS) is 11.1. The number of hydrogen-bond acceptors (Lipinski definition) is 5. The van der Waals surface area contributed by atoms with E-state index in [-0.39, 0.29) is 0 Å². The van der Waals surface area contributed by atoms with Crippen molar-refractivity contribution >= 4 is 18.0 Å². The molecular formula is C17H17N3O4. The molecule has 1 amide bonds. The molecule has 0 saturated carbocycles. The smallest absolute Gasteiger partial charge is 0.322 e. The minimum absolute atomic E-state index is 0.371. The quantitative estimate of drug-likeness (QED) is 0.523. The Labute approximate surface area is 138 Å². The minimum Gasteiger partial charge on any atom is -0.503 e. The molecule has 0 saturated heterocycles. The van der Waals surface area contributed by atoms with Crippen LogP contribution < -0.4 is 5.32 Å². The first-order valence-electron chi connectivity index (χ1n) is 7.30. The van der Waals surface area contributed by atoms with Crippen molar-refractivity contribution in [2.45, 2.75) is 12.8 Å². The number of aryl methyl sites for hydroxylation is 2. The lowest BCUT2D eigenvalue weighted by molar-refractivity contribution is -0.137. The van der Waals surface area contributed by atoms with E-state index < -0.39 is 24.2 Å². The van der Waals surface area contributed by atoms with Gasteiger partial charge in [-0.1, -0.05) is 30.3 Å². The first kappa shape index (κ1) is 17.1. The molecule has 0 aliphatic heterocycles. The predicted octanol–water partition coefficient (Wildman–Crippen LogP) is 1.36. The Hall–Kier alpha value is -3.22. The van der Waals surface area contributed by atoms with E-state index in [1.54, 1.807) is 6.07 Å². The van der Waals surface area contributed by atoms with Crippen LogP contribution in [0.5, 0.6) is 0 Å². The number of aliphatic hydroxyl groups excluding tert-OH is 1. The third-order valence-corrected chi connectivity index (χ3v) is 3.17. The molecule has 24 heavy (non-hydrogen) atoms. The van der Waals surface area contributed by atoms with Crippen LogP contribution in [0, 0.1) is 0 Å². The molecule has 1 aromatic heterocycles. The number of hydrogen-bond donors (Lipinski definition) is 3. The van der Waals surface area contributed by atoms with E-state index in [1.807, 2.05) is 30.3 Å². The number of carbonyl (C=O) groups is 2. The van der Waals surface area contributed by atoms with Gasteiger partial charge < -0.3 is 15.5 Å².